The molecule has 0 aromatic heterocycles. The van der Waals surface area contributed by atoms with E-state index in [1.165, 1.54) is 7.11 Å². The van der Waals surface area contributed by atoms with E-state index in [1.54, 1.807) is 0 Å². The maximum absolute atomic E-state index is 11.5. The van der Waals surface area contributed by atoms with Gasteiger partial charge in [0.15, 0.2) is 0 Å². The Morgan fingerprint density at radius 1 is 1.50 bits per heavy atom. The van der Waals surface area contributed by atoms with Crippen LogP contribution in [0.25, 0.3) is 0 Å². The zero-order chi connectivity index (χ0) is 11.5. The van der Waals surface area contributed by atoms with Crippen molar-refractivity contribution in [3.8, 4) is 0 Å². The van der Waals surface area contributed by atoms with Crippen LogP contribution in [-0.2, 0) is 19.1 Å². The molecule has 1 heterocycles. The second-order valence-electron chi connectivity index (χ2n) is 4.33. The molecule has 2 rings (SSSR count). The predicted octanol–water partition coefficient (Wildman–Crippen LogP) is 1.45. The lowest BCUT2D eigenvalue weighted by Crippen LogP contribution is -2.18. The number of hydrogen-bond donors (Lipinski definition) is 0. The molecule has 0 aromatic rings. The summed E-state index contributed by atoms with van der Waals surface area (Å²) >= 11 is 0. The lowest BCUT2D eigenvalue weighted by molar-refractivity contribution is -0.141. The highest BCUT2D eigenvalue weighted by Crippen LogP contribution is 2.32. The van der Waals surface area contributed by atoms with Gasteiger partial charge in [-0.15, -0.1) is 0 Å². The van der Waals surface area contributed by atoms with Crippen molar-refractivity contribution in [2.75, 3.05) is 13.7 Å². The highest BCUT2D eigenvalue weighted by molar-refractivity contribution is 5.88. The maximum Gasteiger partial charge on any atom is 0.333 e. The molecule has 0 radical (unpaired) electrons. The molecule has 1 fully saturated rings. The summed E-state index contributed by atoms with van der Waals surface area (Å²) in [5.41, 5.74) is 0.690. The number of esters is 2. The zero-order valence-electron chi connectivity index (χ0n) is 9.40. The number of ether oxygens (including phenoxy) is 2. The van der Waals surface area contributed by atoms with Crippen molar-refractivity contribution in [2.24, 2.45) is 11.8 Å². The summed E-state index contributed by atoms with van der Waals surface area (Å²) in [5, 5.41) is 0. The molecule has 4 heteroatoms. The molecule has 88 valence electrons. The van der Waals surface area contributed by atoms with E-state index in [1.807, 2.05) is 6.08 Å². The molecular weight excluding hydrogens is 208 g/mol. The lowest BCUT2D eigenvalue weighted by Gasteiger charge is -2.16. The van der Waals surface area contributed by atoms with Gasteiger partial charge in [0.25, 0.3) is 0 Å². The molecule has 4 nitrogen and oxygen atoms in total. The van der Waals surface area contributed by atoms with Crippen molar-refractivity contribution in [1.82, 2.24) is 0 Å². The maximum atomic E-state index is 11.5. The number of carbonyl (C=O) groups excluding carboxylic acids is 2. The fourth-order valence-electron chi connectivity index (χ4n) is 2.40. The van der Waals surface area contributed by atoms with Gasteiger partial charge in [-0.05, 0) is 19.3 Å². The van der Waals surface area contributed by atoms with Gasteiger partial charge in [-0.25, -0.2) is 4.79 Å². The third-order valence-corrected chi connectivity index (χ3v) is 3.31. The summed E-state index contributed by atoms with van der Waals surface area (Å²) < 4.78 is 9.77. The van der Waals surface area contributed by atoms with E-state index in [0.29, 0.717) is 12.2 Å². The van der Waals surface area contributed by atoms with Crippen molar-refractivity contribution in [1.29, 1.82) is 0 Å². The third-order valence-electron chi connectivity index (χ3n) is 3.31. The smallest absolute Gasteiger partial charge is 0.333 e. The van der Waals surface area contributed by atoms with Crippen molar-refractivity contribution in [3.63, 3.8) is 0 Å². The summed E-state index contributed by atoms with van der Waals surface area (Å²) in [7, 11) is 1.38. The molecule has 16 heavy (non-hydrogen) atoms. The summed E-state index contributed by atoms with van der Waals surface area (Å²) in [6.45, 7) is 0.407. The van der Waals surface area contributed by atoms with Gasteiger partial charge in [-0.2, -0.15) is 0 Å². The van der Waals surface area contributed by atoms with Gasteiger partial charge in [-0.3, -0.25) is 4.79 Å². The molecule has 0 N–H and O–H groups in total. The zero-order valence-corrected chi connectivity index (χ0v) is 9.40. The minimum atomic E-state index is -0.278. The highest BCUT2D eigenvalue weighted by Gasteiger charge is 2.36. The van der Waals surface area contributed by atoms with Crippen molar-refractivity contribution < 1.29 is 19.1 Å². The van der Waals surface area contributed by atoms with Gasteiger partial charge in [0.05, 0.1) is 19.6 Å². The second-order valence-corrected chi connectivity index (χ2v) is 4.33. The van der Waals surface area contributed by atoms with Gasteiger partial charge >= 0.3 is 11.9 Å². The molecule has 0 spiro atoms. The van der Waals surface area contributed by atoms with E-state index >= 15 is 0 Å². The SMILES string of the molecule is COC(=O)/C1=C/C2COC(=O)C2CCCC1. The monoisotopic (exact) mass is 224 g/mol. The minimum absolute atomic E-state index is 0.0556. The van der Waals surface area contributed by atoms with Crippen molar-refractivity contribution >= 4 is 11.9 Å². The average molecular weight is 224 g/mol. The molecule has 2 aliphatic rings. The largest absolute Gasteiger partial charge is 0.466 e. The molecule has 0 saturated carbocycles. The van der Waals surface area contributed by atoms with Crippen molar-refractivity contribution in [3.05, 3.63) is 11.6 Å². The average Bonchev–Trinajstić information content (AvgIpc) is 2.57. The lowest BCUT2D eigenvalue weighted by atomic mass is 9.85. The van der Waals surface area contributed by atoms with Crippen LogP contribution in [0.4, 0.5) is 0 Å². The van der Waals surface area contributed by atoms with E-state index in [0.717, 1.165) is 25.7 Å². The molecule has 0 aromatic carbocycles. The third kappa shape index (κ3) is 2.10. The van der Waals surface area contributed by atoms with Crippen LogP contribution in [0.5, 0.6) is 0 Å². The number of cyclic esters (lactones) is 1. The number of fused-ring (bicyclic) bond motifs is 1. The van der Waals surface area contributed by atoms with E-state index in [4.69, 9.17) is 9.47 Å². The first-order chi connectivity index (χ1) is 7.72. The summed E-state index contributed by atoms with van der Waals surface area (Å²) in [6.07, 6.45) is 5.38. The first-order valence-corrected chi connectivity index (χ1v) is 5.68. The van der Waals surface area contributed by atoms with E-state index in [-0.39, 0.29) is 23.8 Å². The van der Waals surface area contributed by atoms with E-state index in [9.17, 15) is 9.59 Å². The standard InChI is InChI=1S/C12H16O4/c1-15-11(13)8-4-2-3-5-10-9(6-8)7-16-12(10)14/h6,9-10H,2-5,7H2,1H3/b8-6+. The molecule has 0 bridgehead atoms. The van der Waals surface area contributed by atoms with E-state index in [2.05, 4.69) is 0 Å². The first-order valence-electron chi connectivity index (χ1n) is 5.68. The van der Waals surface area contributed by atoms with E-state index < -0.39 is 0 Å². The van der Waals surface area contributed by atoms with Gasteiger partial charge in [0.2, 0.25) is 0 Å². The van der Waals surface area contributed by atoms with Gasteiger partial charge < -0.3 is 9.47 Å². The number of hydrogen-bond acceptors (Lipinski definition) is 4. The topological polar surface area (TPSA) is 52.6 Å². The number of rotatable bonds is 1. The Morgan fingerprint density at radius 2 is 2.31 bits per heavy atom. The molecule has 2 unspecified atom stereocenters. The molecule has 2 atom stereocenters. The molecule has 1 saturated heterocycles. The van der Waals surface area contributed by atoms with Crippen molar-refractivity contribution in [2.45, 2.75) is 25.7 Å². The normalized spacial score (nSPS) is 32.8. The molecular formula is C12H16O4. The molecule has 1 aliphatic carbocycles. The van der Waals surface area contributed by atoms with Crippen LogP contribution in [0.2, 0.25) is 0 Å². The van der Waals surface area contributed by atoms with Gasteiger partial charge in [0, 0.05) is 11.5 Å². The van der Waals surface area contributed by atoms with Crippen LogP contribution < -0.4 is 0 Å². The van der Waals surface area contributed by atoms with Gasteiger partial charge in [-0.1, -0.05) is 12.5 Å². The Bertz CT molecular complexity index is 332. The summed E-state index contributed by atoms with van der Waals surface area (Å²) in [4.78, 5) is 22.9. The Balaban J connectivity index is 2.20. The Hall–Kier alpha value is -1.32. The predicted molar refractivity (Wildman–Crippen MR) is 56.5 cm³/mol. The quantitative estimate of drug-likeness (QED) is 0.632. The van der Waals surface area contributed by atoms with Crippen LogP contribution in [0.1, 0.15) is 25.7 Å². The molecule has 1 aliphatic heterocycles. The van der Waals surface area contributed by atoms with Gasteiger partial charge in [0.1, 0.15) is 0 Å². The Labute approximate surface area is 94.6 Å². The van der Waals surface area contributed by atoms with Crippen LogP contribution in [0.3, 0.4) is 0 Å². The van der Waals surface area contributed by atoms with Crippen LogP contribution in [0.15, 0.2) is 11.6 Å². The first kappa shape index (κ1) is 11.2. The molecule has 0 amide bonds. The number of methoxy groups -OCH3 is 1. The minimum Gasteiger partial charge on any atom is -0.466 e. The highest BCUT2D eigenvalue weighted by atomic mass is 16.5. The van der Waals surface area contributed by atoms with Crippen LogP contribution in [0, 0.1) is 11.8 Å². The summed E-state index contributed by atoms with van der Waals surface area (Å²) in [5.74, 6) is -0.394. The number of carbonyl (C=O) groups is 2. The summed E-state index contributed by atoms with van der Waals surface area (Å²) in [6, 6.07) is 0. The fourth-order valence-corrected chi connectivity index (χ4v) is 2.40. The second kappa shape index (κ2) is 4.68. The Kier molecular flexibility index (Phi) is 3.27. The Morgan fingerprint density at radius 3 is 3.06 bits per heavy atom. The fraction of sp³-hybridized carbons (Fsp3) is 0.667. The van der Waals surface area contributed by atoms with Crippen LogP contribution >= 0.6 is 0 Å². The van der Waals surface area contributed by atoms with Crippen LogP contribution in [-0.4, -0.2) is 25.7 Å².